The summed E-state index contributed by atoms with van der Waals surface area (Å²) >= 11 is 0. The Balaban J connectivity index is 1.60. The fourth-order valence-corrected chi connectivity index (χ4v) is 2.42. The molecule has 9 nitrogen and oxygen atoms in total. The van der Waals surface area contributed by atoms with Gasteiger partial charge in [-0.2, -0.15) is 5.10 Å². The van der Waals surface area contributed by atoms with E-state index in [1.54, 1.807) is 36.7 Å². The molecule has 28 heavy (non-hydrogen) atoms. The predicted molar refractivity (Wildman–Crippen MR) is 101 cm³/mol. The first-order valence-corrected chi connectivity index (χ1v) is 8.62. The Morgan fingerprint density at radius 3 is 2.57 bits per heavy atom. The molecule has 0 aliphatic heterocycles. The van der Waals surface area contributed by atoms with Crippen LogP contribution < -0.4 is 10.1 Å². The third-order valence-electron chi connectivity index (χ3n) is 3.75. The molecule has 0 bridgehead atoms. The van der Waals surface area contributed by atoms with E-state index >= 15 is 0 Å². The molecule has 0 fully saturated rings. The van der Waals surface area contributed by atoms with Crippen molar-refractivity contribution >= 4 is 11.6 Å². The van der Waals surface area contributed by atoms with Crippen LogP contribution in [0.15, 0.2) is 54.9 Å². The van der Waals surface area contributed by atoms with Gasteiger partial charge in [0.2, 0.25) is 5.88 Å². The van der Waals surface area contributed by atoms with Crippen molar-refractivity contribution in [3.63, 3.8) is 0 Å². The molecule has 0 atom stereocenters. The van der Waals surface area contributed by atoms with Crippen LogP contribution in [0.2, 0.25) is 0 Å². The fourth-order valence-electron chi connectivity index (χ4n) is 2.42. The normalized spacial score (nSPS) is 10.7. The molecule has 0 unspecified atom stereocenters. The molecule has 0 aliphatic carbocycles. The zero-order valence-corrected chi connectivity index (χ0v) is 15.4. The number of benzene rings is 1. The molecule has 144 valence electrons. The smallest absolute Gasteiger partial charge is 0.272 e. The number of carbonyl (C=O) groups excluding carboxylic acids is 1. The van der Waals surface area contributed by atoms with Crippen molar-refractivity contribution in [1.82, 2.24) is 20.1 Å². The van der Waals surface area contributed by atoms with E-state index in [2.05, 4.69) is 15.4 Å². The highest BCUT2D eigenvalue weighted by Gasteiger charge is 2.11. The summed E-state index contributed by atoms with van der Waals surface area (Å²) < 4.78 is 6.97. The predicted octanol–water partition coefficient (Wildman–Crippen LogP) is 2.89. The molecule has 0 aliphatic rings. The number of ether oxygens (including phenoxy) is 1. The Hall–Kier alpha value is -3.75. The van der Waals surface area contributed by atoms with E-state index in [9.17, 15) is 14.9 Å². The molecule has 0 radical (unpaired) electrons. The van der Waals surface area contributed by atoms with E-state index < -0.39 is 4.92 Å². The van der Waals surface area contributed by atoms with Crippen LogP contribution in [0.4, 0.5) is 5.69 Å². The number of pyridine rings is 1. The summed E-state index contributed by atoms with van der Waals surface area (Å²) in [6.07, 6.45) is 3.31. The second kappa shape index (κ2) is 8.30. The zero-order chi connectivity index (χ0) is 20.1. The number of nitro groups is 1. The number of amides is 1. The van der Waals surface area contributed by atoms with Crippen LogP contribution in [0.25, 0.3) is 5.69 Å². The van der Waals surface area contributed by atoms with Gasteiger partial charge in [-0.25, -0.2) is 9.67 Å². The van der Waals surface area contributed by atoms with Gasteiger partial charge in [-0.05, 0) is 37.6 Å². The molecule has 9 heteroatoms. The number of hydrogen-bond donors (Lipinski definition) is 1. The van der Waals surface area contributed by atoms with Gasteiger partial charge in [0.1, 0.15) is 0 Å². The van der Waals surface area contributed by atoms with Gasteiger partial charge in [0, 0.05) is 37.1 Å². The molecule has 0 saturated carbocycles. The molecular formula is C19H19N5O4. The lowest BCUT2D eigenvalue weighted by atomic mass is 10.3. The summed E-state index contributed by atoms with van der Waals surface area (Å²) in [5.74, 6) is 0.204. The van der Waals surface area contributed by atoms with E-state index in [1.807, 2.05) is 19.9 Å². The molecule has 1 N–H and O–H groups in total. The lowest BCUT2D eigenvalue weighted by Crippen LogP contribution is -2.23. The number of nitro benzene ring substituents is 1. The zero-order valence-electron chi connectivity index (χ0n) is 15.4. The van der Waals surface area contributed by atoms with E-state index in [0.717, 1.165) is 5.56 Å². The van der Waals surface area contributed by atoms with Crippen molar-refractivity contribution in [2.75, 3.05) is 0 Å². The number of aromatic nitrogens is 3. The summed E-state index contributed by atoms with van der Waals surface area (Å²) in [6.45, 7) is 4.15. The molecule has 0 saturated heterocycles. The minimum atomic E-state index is -0.470. The molecule has 0 spiro atoms. The third-order valence-corrected chi connectivity index (χ3v) is 3.75. The topological polar surface area (TPSA) is 112 Å². The number of hydrogen-bond acceptors (Lipinski definition) is 6. The average molecular weight is 381 g/mol. The first-order chi connectivity index (χ1) is 13.4. The van der Waals surface area contributed by atoms with Crippen molar-refractivity contribution in [2.24, 2.45) is 0 Å². The molecule has 3 aromatic rings. The van der Waals surface area contributed by atoms with Gasteiger partial charge in [0.25, 0.3) is 11.6 Å². The Labute approximate surface area is 161 Å². The Kier molecular flexibility index (Phi) is 5.64. The van der Waals surface area contributed by atoms with Crippen LogP contribution in [-0.4, -0.2) is 31.7 Å². The van der Waals surface area contributed by atoms with Crippen LogP contribution >= 0.6 is 0 Å². The van der Waals surface area contributed by atoms with Crippen molar-refractivity contribution in [3.05, 3.63) is 76.2 Å². The maximum atomic E-state index is 12.3. The van der Waals surface area contributed by atoms with E-state index in [-0.39, 0.29) is 23.4 Å². The number of rotatable bonds is 7. The summed E-state index contributed by atoms with van der Waals surface area (Å²) in [6, 6.07) is 11.1. The van der Waals surface area contributed by atoms with Crippen LogP contribution in [0.3, 0.4) is 0 Å². The first kappa shape index (κ1) is 19.0. The minimum absolute atomic E-state index is 0.00713. The molecule has 3 rings (SSSR count). The maximum Gasteiger partial charge on any atom is 0.272 e. The summed E-state index contributed by atoms with van der Waals surface area (Å²) in [5.41, 5.74) is 1.69. The van der Waals surface area contributed by atoms with Gasteiger partial charge in [0.15, 0.2) is 5.69 Å². The second-order valence-corrected chi connectivity index (χ2v) is 6.27. The first-order valence-electron chi connectivity index (χ1n) is 8.62. The van der Waals surface area contributed by atoms with E-state index in [0.29, 0.717) is 18.1 Å². The van der Waals surface area contributed by atoms with Crippen molar-refractivity contribution < 1.29 is 14.5 Å². The lowest BCUT2D eigenvalue weighted by Gasteiger charge is -2.09. The second-order valence-electron chi connectivity index (χ2n) is 6.27. The van der Waals surface area contributed by atoms with Crippen LogP contribution in [-0.2, 0) is 6.54 Å². The SMILES string of the molecule is CC(C)Oc1ccc(CNC(=O)c2ccn(-c3ccc([N+](=O)[O-])cc3)n2)cn1. The number of carbonyl (C=O) groups is 1. The van der Waals surface area contributed by atoms with Gasteiger partial charge in [-0.15, -0.1) is 0 Å². The van der Waals surface area contributed by atoms with Crippen molar-refractivity contribution in [3.8, 4) is 11.6 Å². The Morgan fingerprint density at radius 1 is 1.21 bits per heavy atom. The average Bonchev–Trinajstić information content (AvgIpc) is 3.17. The Morgan fingerprint density at radius 2 is 1.96 bits per heavy atom. The van der Waals surface area contributed by atoms with Crippen molar-refractivity contribution in [2.45, 2.75) is 26.5 Å². The lowest BCUT2D eigenvalue weighted by molar-refractivity contribution is -0.384. The minimum Gasteiger partial charge on any atom is -0.475 e. The Bertz CT molecular complexity index is 965. The highest BCUT2D eigenvalue weighted by atomic mass is 16.6. The summed E-state index contributed by atoms with van der Waals surface area (Å²) in [7, 11) is 0. The molecule has 2 heterocycles. The third kappa shape index (κ3) is 4.70. The van der Waals surface area contributed by atoms with Crippen LogP contribution in [0.1, 0.15) is 29.9 Å². The van der Waals surface area contributed by atoms with E-state index in [4.69, 9.17) is 4.74 Å². The highest BCUT2D eigenvalue weighted by molar-refractivity contribution is 5.92. The molecular weight excluding hydrogens is 362 g/mol. The standard InChI is InChI=1S/C19H19N5O4/c1-13(2)28-18-8-3-14(11-20-18)12-21-19(25)17-9-10-23(22-17)15-4-6-16(7-5-15)24(26)27/h3-11,13H,12H2,1-2H3,(H,21,25). The molecule has 1 aromatic carbocycles. The van der Waals surface area contributed by atoms with Gasteiger partial charge in [0.05, 0.1) is 16.7 Å². The number of non-ortho nitro benzene ring substituents is 1. The number of nitrogens with zero attached hydrogens (tertiary/aromatic N) is 4. The highest BCUT2D eigenvalue weighted by Crippen LogP contribution is 2.15. The van der Waals surface area contributed by atoms with Gasteiger partial charge < -0.3 is 10.1 Å². The van der Waals surface area contributed by atoms with Crippen LogP contribution in [0, 0.1) is 10.1 Å². The van der Waals surface area contributed by atoms with Crippen molar-refractivity contribution in [1.29, 1.82) is 0 Å². The monoisotopic (exact) mass is 381 g/mol. The quantitative estimate of drug-likeness (QED) is 0.497. The largest absolute Gasteiger partial charge is 0.475 e. The summed E-state index contributed by atoms with van der Waals surface area (Å²) in [4.78, 5) is 26.7. The maximum absolute atomic E-state index is 12.3. The number of nitrogens with one attached hydrogen (secondary N) is 1. The van der Waals surface area contributed by atoms with Gasteiger partial charge in [-0.1, -0.05) is 6.07 Å². The van der Waals surface area contributed by atoms with Gasteiger partial charge >= 0.3 is 0 Å². The fraction of sp³-hybridized carbons (Fsp3) is 0.211. The summed E-state index contributed by atoms with van der Waals surface area (Å²) in [5, 5.41) is 17.7. The van der Waals surface area contributed by atoms with Gasteiger partial charge in [-0.3, -0.25) is 14.9 Å². The molecule has 1 amide bonds. The molecule has 2 aromatic heterocycles. The van der Waals surface area contributed by atoms with Crippen LogP contribution in [0.5, 0.6) is 5.88 Å². The van der Waals surface area contributed by atoms with E-state index in [1.165, 1.54) is 16.8 Å².